The summed E-state index contributed by atoms with van der Waals surface area (Å²) in [5.41, 5.74) is 1.10. The van der Waals surface area contributed by atoms with Gasteiger partial charge in [-0.2, -0.15) is 0 Å². The molecule has 1 saturated heterocycles. The highest BCUT2D eigenvalue weighted by atomic mass is 16.5. The molecule has 1 aliphatic rings. The molecule has 0 saturated carbocycles. The van der Waals surface area contributed by atoms with Crippen LogP contribution in [0.15, 0.2) is 55.1 Å². The molecule has 2 amide bonds. The summed E-state index contributed by atoms with van der Waals surface area (Å²) in [4.78, 5) is 27.5. The van der Waals surface area contributed by atoms with E-state index in [-0.39, 0.29) is 11.8 Å². The number of nitrogens with one attached hydrogen (secondary N) is 1. The number of amides is 2. The van der Waals surface area contributed by atoms with Crippen LogP contribution in [0, 0.1) is 0 Å². The molecule has 2 aromatic rings. The lowest BCUT2D eigenvalue weighted by Crippen LogP contribution is -2.43. The average molecular weight is 410 g/mol. The van der Waals surface area contributed by atoms with Crippen molar-refractivity contribution >= 4 is 17.5 Å². The maximum atomic E-state index is 13.1. The molecule has 0 aliphatic carbocycles. The Morgan fingerprint density at radius 3 is 2.57 bits per heavy atom. The van der Waals surface area contributed by atoms with E-state index >= 15 is 0 Å². The number of methoxy groups -OCH3 is 2. The van der Waals surface area contributed by atoms with Crippen LogP contribution in [0.5, 0.6) is 17.2 Å². The first-order chi connectivity index (χ1) is 14.6. The molecule has 0 radical (unpaired) electrons. The van der Waals surface area contributed by atoms with E-state index in [4.69, 9.17) is 14.2 Å². The van der Waals surface area contributed by atoms with Crippen molar-refractivity contribution in [2.24, 2.45) is 0 Å². The Labute approximate surface area is 176 Å². The highest BCUT2D eigenvalue weighted by molar-refractivity contribution is 6.01. The summed E-state index contributed by atoms with van der Waals surface area (Å²) in [5.74, 6) is 1.28. The second-order valence-electron chi connectivity index (χ2n) is 6.84. The molecule has 1 aliphatic heterocycles. The summed E-state index contributed by atoms with van der Waals surface area (Å²) < 4.78 is 16.0. The predicted octanol–water partition coefficient (Wildman–Crippen LogP) is 3.51. The lowest BCUT2D eigenvalue weighted by molar-refractivity contribution is -0.119. The second kappa shape index (κ2) is 9.82. The Hall–Kier alpha value is -3.48. The molecule has 30 heavy (non-hydrogen) atoms. The molecule has 1 N–H and O–H groups in total. The van der Waals surface area contributed by atoms with Gasteiger partial charge in [0, 0.05) is 17.8 Å². The third-order valence-corrected chi connectivity index (χ3v) is 4.94. The number of nitrogens with zero attached hydrogens (tertiary/aromatic N) is 1. The zero-order valence-electron chi connectivity index (χ0n) is 17.2. The van der Waals surface area contributed by atoms with E-state index in [0.29, 0.717) is 48.1 Å². The first kappa shape index (κ1) is 21.2. The fraction of sp³-hybridized carbons (Fsp3) is 0.304. The number of benzene rings is 2. The Kier molecular flexibility index (Phi) is 6.95. The Morgan fingerprint density at radius 1 is 1.13 bits per heavy atom. The quantitative estimate of drug-likeness (QED) is 0.674. The Balaban J connectivity index is 1.73. The maximum Gasteiger partial charge on any atom is 0.254 e. The number of likely N-dealkylation sites (tertiary alicyclic amines) is 1. The van der Waals surface area contributed by atoms with Gasteiger partial charge in [0.25, 0.3) is 5.91 Å². The van der Waals surface area contributed by atoms with Crippen LogP contribution in [0.3, 0.4) is 0 Å². The van der Waals surface area contributed by atoms with Gasteiger partial charge in [0.15, 0.2) is 11.5 Å². The van der Waals surface area contributed by atoms with Gasteiger partial charge in [-0.3, -0.25) is 9.59 Å². The third-order valence-electron chi connectivity index (χ3n) is 4.94. The van der Waals surface area contributed by atoms with Crippen LogP contribution in [0.2, 0.25) is 0 Å². The summed E-state index contributed by atoms with van der Waals surface area (Å²) in [6, 6.07) is 11.6. The van der Waals surface area contributed by atoms with Gasteiger partial charge in [0.05, 0.1) is 14.2 Å². The molecular weight excluding hydrogens is 384 g/mol. The second-order valence-corrected chi connectivity index (χ2v) is 6.84. The molecule has 0 bridgehead atoms. The number of rotatable bonds is 8. The molecule has 0 aromatic heterocycles. The summed E-state index contributed by atoms with van der Waals surface area (Å²) in [6.45, 7) is 4.48. The van der Waals surface area contributed by atoms with Crippen LogP contribution in [0.4, 0.5) is 5.69 Å². The lowest BCUT2D eigenvalue weighted by Gasteiger charge is -2.24. The summed E-state index contributed by atoms with van der Waals surface area (Å²) in [6.07, 6.45) is 3.02. The van der Waals surface area contributed by atoms with E-state index in [0.717, 1.165) is 6.42 Å². The van der Waals surface area contributed by atoms with Gasteiger partial charge >= 0.3 is 0 Å². The van der Waals surface area contributed by atoms with E-state index in [9.17, 15) is 9.59 Å². The zero-order valence-corrected chi connectivity index (χ0v) is 17.2. The fourth-order valence-corrected chi connectivity index (χ4v) is 3.42. The molecule has 158 valence electrons. The van der Waals surface area contributed by atoms with Crippen molar-refractivity contribution in [3.63, 3.8) is 0 Å². The van der Waals surface area contributed by atoms with E-state index in [2.05, 4.69) is 11.9 Å². The minimum Gasteiger partial charge on any atom is -0.497 e. The fourth-order valence-electron chi connectivity index (χ4n) is 3.42. The van der Waals surface area contributed by atoms with Crippen molar-refractivity contribution in [1.29, 1.82) is 0 Å². The number of carbonyl (C=O) groups excluding carboxylic acids is 2. The topological polar surface area (TPSA) is 77.1 Å². The molecule has 7 heteroatoms. The third kappa shape index (κ3) is 4.74. The van der Waals surface area contributed by atoms with Crippen molar-refractivity contribution in [1.82, 2.24) is 4.90 Å². The van der Waals surface area contributed by atoms with Crippen molar-refractivity contribution in [2.45, 2.75) is 18.9 Å². The molecule has 1 atom stereocenters. The molecule has 1 fully saturated rings. The first-order valence-electron chi connectivity index (χ1n) is 9.75. The normalized spacial score (nSPS) is 15.4. The monoisotopic (exact) mass is 410 g/mol. The van der Waals surface area contributed by atoms with Gasteiger partial charge in [-0.05, 0) is 55.3 Å². The number of ether oxygens (including phenoxy) is 3. The molecule has 7 nitrogen and oxygen atoms in total. The van der Waals surface area contributed by atoms with Crippen molar-refractivity contribution in [2.75, 3.05) is 32.7 Å². The molecule has 0 spiro atoms. The van der Waals surface area contributed by atoms with Gasteiger partial charge in [-0.1, -0.05) is 12.7 Å². The lowest BCUT2D eigenvalue weighted by atomic mass is 10.1. The summed E-state index contributed by atoms with van der Waals surface area (Å²) in [5, 5.41) is 2.88. The smallest absolute Gasteiger partial charge is 0.254 e. The van der Waals surface area contributed by atoms with E-state index < -0.39 is 6.04 Å². The molecule has 3 rings (SSSR count). The van der Waals surface area contributed by atoms with Gasteiger partial charge in [-0.15, -0.1) is 0 Å². The van der Waals surface area contributed by atoms with Crippen LogP contribution in [-0.2, 0) is 4.79 Å². The SMILES string of the molecule is C=CCOc1ccc(C(=O)N2CCCC2C(=O)Nc2ccc(OC)cc2)cc1OC. The standard InChI is InChI=1S/C23H26N2O5/c1-4-14-30-20-12-7-16(15-21(20)29-3)23(27)25-13-5-6-19(25)22(26)24-17-8-10-18(28-2)11-9-17/h4,7-12,15,19H,1,5-6,13-14H2,2-3H3,(H,24,26). The molecular formula is C23H26N2O5. The summed E-state index contributed by atoms with van der Waals surface area (Å²) >= 11 is 0. The Morgan fingerprint density at radius 2 is 1.90 bits per heavy atom. The van der Waals surface area contributed by atoms with Crippen molar-refractivity contribution in [3.05, 3.63) is 60.7 Å². The average Bonchev–Trinajstić information content (AvgIpc) is 3.27. The van der Waals surface area contributed by atoms with Gasteiger partial charge in [0.2, 0.25) is 5.91 Å². The number of carbonyl (C=O) groups is 2. The Bertz CT molecular complexity index is 910. The maximum absolute atomic E-state index is 13.1. The zero-order chi connectivity index (χ0) is 21.5. The largest absolute Gasteiger partial charge is 0.497 e. The summed E-state index contributed by atoms with van der Waals surface area (Å²) in [7, 11) is 3.11. The van der Waals surface area contributed by atoms with Gasteiger partial charge < -0.3 is 24.4 Å². The number of anilines is 1. The van der Waals surface area contributed by atoms with Crippen LogP contribution in [0.25, 0.3) is 0 Å². The minimum absolute atomic E-state index is 0.205. The van der Waals surface area contributed by atoms with Gasteiger partial charge in [0.1, 0.15) is 18.4 Å². The first-order valence-corrected chi connectivity index (χ1v) is 9.75. The number of hydrogen-bond donors (Lipinski definition) is 1. The molecule has 1 unspecified atom stereocenters. The molecule has 1 heterocycles. The minimum atomic E-state index is -0.526. The van der Waals surface area contributed by atoms with E-state index in [1.165, 1.54) is 7.11 Å². The van der Waals surface area contributed by atoms with Crippen molar-refractivity contribution < 1.29 is 23.8 Å². The highest BCUT2D eigenvalue weighted by Gasteiger charge is 2.34. The van der Waals surface area contributed by atoms with E-state index in [1.807, 2.05) is 0 Å². The van der Waals surface area contributed by atoms with Crippen LogP contribution in [-0.4, -0.2) is 50.1 Å². The van der Waals surface area contributed by atoms with Crippen LogP contribution in [0.1, 0.15) is 23.2 Å². The van der Waals surface area contributed by atoms with Crippen LogP contribution < -0.4 is 19.5 Å². The van der Waals surface area contributed by atoms with Gasteiger partial charge in [-0.25, -0.2) is 0 Å². The molecule has 2 aromatic carbocycles. The van der Waals surface area contributed by atoms with Crippen molar-refractivity contribution in [3.8, 4) is 17.2 Å². The highest BCUT2D eigenvalue weighted by Crippen LogP contribution is 2.30. The van der Waals surface area contributed by atoms with Crippen LogP contribution >= 0.6 is 0 Å². The van der Waals surface area contributed by atoms with E-state index in [1.54, 1.807) is 60.6 Å². The predicted molar refractivity (Wildman–Crippen MR) is 114 cm³/mol. The number of hydrogen-bond acceptors (Lipinski definition) is 5.